The molecule has 2 rings (SSSR count). The van der Waals surface area contributed by atoms with Gasteiger partial charge < -0.3 is 10.4 Å². The lowest BCUT2D eigenvalue weighted by atomic mass is 10.1. The van der Waals surface area contributed by atoms with E-state index in [1.165, 1.54) is 0 Å². The summed E-state index contributed by atoms with van der Waals surface area (Å²) in [5.74, 6) is 0.924. The zero-order valence-corrected chi connectivity index (χ0v) is 12.3. The molecule has 19 heavy (non-hydrogen) atoms. The van der Waals surface area contributed by atoms with Crippen molar-refractivity contribution in [1.82, 2.24) is 15.5 Å². The van der Waals surface area contributed by atoms with Gasteiger partial charge in [-0.15, -0.1) is 10.2 Å². The number of aromatic hydroxyl groups is 1. The largest absolute Gasteiger partial charge is 0.508 e. The molecule has 0 aliphatic rings. The molecule has 1 aromatic heterocycles. The fraction of sp³-hybridized carbons (Fsp3) is 0.429. The topological polar surface area (TPSA) is 58.0 Å². The minimum absolute atomic E-state index is 0.298. The molecule has 2 aromatic rings. The van der Waals surface area contributed by atoms with Crippen LogP contribution < -0.4 is 5.32 Å². The van der Waals surface area contributed by atoms with Crippen molar-refractivity contribution in [1.29, 1.82) is 0 Å². The third-order valence-corrected chi connectivity index (χ3v) is 3.79. The van der Waals surface area contributed by atoms with Crippen molar-refractivity contribution < 1.29 is 5.11 Å². The van der Waals surface area contributed by atoms with Crippen molar-refractivity contribution >= 4 is 11.3 Å². The Balaban J connectivity index is 2.10. The summed E-state index contributed by atoms with van der Waals surface area (Å²) in [5, 5.41) is 23.3. The number of rotatable bonds is 5. The van der Waals surface area contributed by atoms with E-state index in [-0.39, 0.29) is 0 Å². The molecule has 0 saturated carbocycles. The first-order valence-corrected chi connectivity index (χ1v) is 7.21. The minimum atomic E-state index is 0.298. The van der Waals surface area contributed by atoms with Gasteiger partial charge in [-0.25, -0.2) is 0 Å². The van der Waals surface area contributed by atoms with Crippen LogP contribution in [0.5, 0.6) is 5.75 Å². The van der Waals surface area contributed by atoms with Gasteiger partial charge in [0.05, 0.1) is 0 Å². The molecule has 1 aromatic carbocycles. The predicted octanol–water partition coefficient (Wildman–Crippen LogP) is 2.96. The Morgan fingerprint density at radius 1 is 1.32 bits per heavy atom. The summed E-state index contributed by atoms with van der Waals surface area (Å²) >= 11 is 1.56. The Hall–Kier alpha value is -1.46. The molecular weight excluding hydrogens is 258 g/mol. The molecule has 2 N–H and O–H groups in total. The van der Waals surface area contributed by atoms with E-state index >= 15 is 0 Å². The number of hydrogen-bond acceptors (Lipinski definition) is 5. The van der Waals surface area contributed by atoms with Gasteiger partial charge in [-0.1, -0.05) is 37.3 Å². The zero-order valence-electron chi connectivity index (χ0n) is 11.5. The molecule has 0 aliphatic heterocycles. The van der Waals surface area contributed by atoms with E-state index in [1.807, 2.05) is 19.1 Å². The molecule has 0 spiro atoms. The summed E-state index contributed by atoms with van der Waals surface area (Å²) in [7, 11) is 0. The van der Waals surface area contributed by atoms with Gasteiger partial charge in [0.15, 0.2) is 0 Å². The first-order chi connectivity index (χ1) is 9.08. The van der Waals surface area contributed by atoms with Crippen LogP contribution in [0.2, 0.25) is 0 Å². The van der Waals surface area contributed by atoms with E-state index in [4.69, 9.17) is 0 Å². The van der Waals surface area contributed by atoms with Gasteiger partial charge in [0.25, 0.3) is 0 Å². The van der Waals surface area contributed by atoms with Crippen LogP contribution in [-0.2, 0) is 6.54 Å². The van der Waals surface area contributed by atoms with Crippen LogP contribution >= 0.6 is 11.3 Å². The number of phenolic OH excluding ortho intramolecular Hbond substituents is 1. The number of phenols is 1. The van der Waals surface area contributed by atoms with E-state index in [1.54, 1.807) is 17.4 Å². The third-order valence-electron chi connectivity index (χ3n) is 2.83. The van der Waals surface area contributed by atoms with Crippen molar-refractivity contribution in [3.8, 4) is 16.3 Å². The van der Waals surface area contributed by atoms with Gasteiger partial charge in [-0.05, 0) is 25.5 Å². The molecule has 4 nitrogen and oxygen atoms in total. The SMILES string of the molecule is Cc1c(O)cccc1-c1nnc(CNCC(C)C)s1. The molecule has 1 heterocycles. The Bertz CT molecular complexity index is 551. The maximum atomic E-state index is 9.71. The highest BCUT2D eigenvalue weighted by Gasteiger charge is 2.10. The Labute approximate surface area is 117 Å². The summed E-state index contributed by atoms with van der Waals surface area (Å²) in [6.07, 6.45) is 0. The van der Waals surface area contributed by atoms with Crippen LogP contribution in [0.1, 0.15) is 24.4 Å². The Morgan fingerprint density at radius 3 is 2.84 bits per heavy atom. The average molecular weight is 277 g/mol. The normalized spacial score (nSPS) is 11.2. The third kappa shape index (κ3) is 3.52. The van der Waals surface area contributed by atoms with E-state index in [0.717, 1.165) is 34.2 Å². The van der Waals surface area contributed by atoms with Crippen molar-refractivity contribution in [3.63, 3.8) is 0 Å². The maximum absolute atomic E-state index is 9.71. The Kier molecular flexibility index (Phi) is 4.50. The molecule has 0 saturated heterocycles. The first-order valence-electron chi connectivity index (χ1n) is 6.40. The van der Waals surface area contributed by atoms with Gasteiger partial charge in [0.1, 0.15) is 15.8 Å². The summed E-state index contributed by atoms with van der Waals surface area (Å²) in [6, 6.07) is 5.47. The second-order valence-corrected chi connectivity index (χ2v) is 6.04. The van der Waals surface area contributed by atoms with Crippen molar-refractivity contribution in [3.05, 3.63) is 28.8 Å². The smallest absolute Gasteiger partial charge is 0.148 e. The van der Waals surface area contributed by atoms with Crippen LogP contribution in [0.3, 0.4) is 0 Å². The zero-order chi connectivity index (χ0) is 13.8. The van der Waals surface area contributed by atoms with Gasteiger partial charge in [0.2, 0.25) is 0 Å². The highest BCUT2D eigenvalue weighted by Crippen LogP contribution is 2.30. The van der Waals surface area contributed by atoms with Crippen molar-refractivity contribution in [2.45, 2.75) is 27.3 Å². The molecule has 0 unspecified atom stereocenters. The van der Waals surface area contributed by atoms with Gasteiger partial charge in [-0.3, -0.25) is 0 Å². The van der Waals surface area contributed by atoms with E-state index in [9.17, 15) is 5.11 Å². The molecule has 5 heteroatoms. The molecular formula is C14H19N3OS. The van der Waals surface area contributed by atoms with Crippen LogP contribution in [0.15, 0.2) is 18.2 Å². The average Bonchev–Trinajstić information content (AvgIpc) is 2.81. The van der Waals surface area contributed by atoms with Crippen LogP contribution in [0.4, 0.5) is 0 Å². The van der Waals surface area contributed by atoms with Crippen molar-refractivity contribution in [2.75, 3.05) is 6.54 Å². The summed E-state index contributed by atoms with van der Waals surface area (Å²) in [4.78, 5) is 0. The lowest BCUT2D eigenvalue weighted by Crippen LogP contribution is -2.18. The highest BCUT2D eigenvalue weighted by molar-refractivity contribution is 7.14. The van der Waals surface area contributed by atoms with E-state index in [2.05, 4.69) is 29.4 Å². The second kappa shape index (κ2) is 6.12. The summed E-state index contributed by atoms with van der Waals surface area (Å²) in [6.45, 7) is 7.96. The number of nitrogens with zero attached hydrogens (tertiary/aromatic N) is 2. The van der Waals surface area contributed by atoms with Gasteiger partial charge in [0, 0.05) is 17.7 Å². The number of nitrogens with one attached hydrogen (secondary N) is 1. The quantitative estimate of drug-likeness (QED) is 0.882. The van der Waals surface area contributed by atoms with Crippen LogP contribution in [0, 0.1) is 12.8 Å². The number of hydrogen-bond donors (Lipinski definition) is 2. The van der Waals surface area contributed by atoms with E-state index < -0.39 is 0 Å². The van der Waals surface area contributed by atoms with Crippen LogP contribution in [-0.4, -0.2) is 21.8 Å². The predicted molar refractivity (Wildman–Crippen MR) is 78.3 cm³/mol. The molecule has 0 bridgehead atoms. The summed E-state index contributed by atoms with van der Waals surface area (Å²) in [5.41, 5.74) is 1.80. The molecule has 0 radical (unpaired) electrons. The standard InChI is InChI=1S/C14H19N3OS/c1-9(2)7-15-8-13-16-17-14(19-13)11-5-4-6-12(18)10(11)3/h4-6,9,15,18H,7-8H2,1-3H3. The minimum Gasteiger partial charge on any atom is -0.508 e. The lowest BCUT2D eigenvalue weighted by molar-refractivity contribution is 0.471. The fourth-order valence-electron chi connectivity index (χ4n) is 1.76. The number of aromatic nitrogens is 2. The summed E-state index contributed by atoms with van der Waals surface area (Å²) < 4.78 is 0. The number of benzene rings is 1. The Morgan fingerprint density at radius 2 is 2.11 bits per heavy atom. The second-order valence-electron chi connectivity index (χ2n) is 4.98. The first kappa shape index (κ1) is 14.0. The fourth-order valence-corrected chi connectivity index (χ4v) is 2.65. The molecule has 0 amide bonds. The highest BCUT2D eigenvalue weighted by atomic mass is 32.1. The lowest BCUT2D eigenvalue weighted by Gasteiger charge is -2.04. The molecule has 0 aliphatic carbocycles. The van der Waals surface area contributed by atoms with E-state index in [0.29, 0.717) is 11.7 Å². The maximum Gasteiger partial charge on any atom is 0.148 e. The van der Waals surface area contributed by atoms with Crippen LogP contribution in [0.25, 0.3) is 10.6 Å². The molecule has 0 atom stereocenters. The van der Waals surface area contributed by atoms with Crippen molar-refractivity contribution in [2.24, 2.45) is 5.92 Å². The molecule has 102 valence electrons. The monoisotopic (exact) mass is 277 g/mol. The van der Waals surface area contributed by atoms with Gasteiger partial charge >= 0.3 is 0 Å². The molecule has 0 fully saturated rings. The van der Waals surface area contributed by atoms with Gasteiger partial charge in [-0.2, -0.15) is 0 Å².